The summed E-state index contributed by atoms with van der Waals surface area (Å²) in [4.78, 5) is 241. The van der Waals surface area contributed by atoms with Crippen LogP contribution in [0.4, 0.5) is 0 Å². The van der Waals surface area contributed by atoms with Crippen molar-refractivity contribution in [1.29, 1.82) is 0 Å². The number of aliphatic hydroxyl groups excluding tert-OH is 1. The molecule has 708 valence electrons. The normalized spacial score (nSPS) is 15.1. The number of carbonyl (C=O) groups excluding carboxylic acids is 16. The lowest BCUT2D eigenvalue weighted by Gasteiger charge is -2.31. The molecule has 126 heavy (non-hydrogen) atoms. The number of aromatic nitrogens is 2. The van der Waals surface area contributed by atoms with Crippen LogP contribution in [-0.4, -0.2) is 250 Å². The molecule has 0 aliphatic heterocycles. The van der Waals surface area contributed by atoms with Gasteiger partial charge in [-0.15, -0.1) is 0 Å². The standard InChI is InChI=1S/C82H142N26O17S/c1-15-47(12)65(79(124)104-57(35-44(6)7)73(118)100-55(33-42(2)3)72(117)101-58(36-49-23-17-16-18-24-49)74(119)98-54(28-32-126-14)67(112)94-40-62(85)111)107-76(121)60(38-61(84)110)105-78(123)64(46(10)11)106-75(120)59(37-50-39-91-41-95-50)102-69(114)53(27-22-31-93-82(89)90)99-80(125)66(48(13)109)108-70(115)51(25-19-20-29-83)96-68(113)52(26-21-30-92-81(87)88)97-71(116)56(34-43(4)5)103-77(122)63(86)45(8)9/h16-18,23-24,39,41-48,51-60,63-66,109H,15,19-22,25-38,40,83,86H2,1-14H3,(H2,84,110)(H2,85,111)(H,91,95)(H,94,112)(H,96,113)(H,97,116)(H,98,119)(H,99,125)(H,100,118)(H,101,117)(H,102,114)(H,103,122)(H,104,124)(H,105,123)(H,106,120)(H,107,121)(H,108,115)(H4,87,88,92)(H4,89,90,93)/t47-,48+,51-,52-,53-,54-,55-,56-,57-,58-,59-,60-,63-,64-,65-,66-/m0/s1. The molecule has 0 saturated carbocycles. The van der Waals surface area contributed by atoms with Gasteiger partial charge in [-0.05, 0) is 137 Å². The highest BCUT2D eigenvalue weighted by atomic mass is 32.2. The number of unbranched alkanes of at least 4 members (excludes halogenated alkanes) is 1. The van der Waals surface area contributed by atoms with Gasteiger partial charge in [0.15, 0.2) is 11.9 Å². The molecule has 43 nitrogen and oxygen atoms in total. The van der Waals surface area contributed by atoms with Crippen molar-refractivity contribution in [2.45, 2.75) is 277 Å². The Morgan fingerprint density at radius 2 is 0.810 bits per heavy atom. The second kappa shape index (κ2) is 58.1. The molecule has 16 amide bonds. The first-order chi connectivity index (χ1) is 59.2. The van der Waals surface area contributed by atoms with E-state index in [9.17, 15) is 81.8 Å². The second-order valence-electron chi connectivity index (χ2n) is 33.4. The fourth-order valence-electron chi connectivity index (χ4n) is 12.9. The van der Waals surface area contributed by atoms with E-state index in [4.69, 9.17) is 45.9 Å². The molecule has 2 rings (SSSR count). The fourth-order valence-corrected chi connectivity index (χ4v) is 13.4. The number of hydrogen-bond donors (Lipinski definition) is 24. The molecule has 0 saturated heterocycles. The minimum Gasteiger partial charge on any atom is -0.391 e. The summed E-state index contributed by atoms with van der Waals surface area (Å²) in [5, 5.41) is 48.1. The molecular formula is C82H142N26O17S. The first-order valence-electron chi connectivity index (χ1n) is 42.8. The summed E-state index contributed by atoms with van der Waals surface area (Å²) in [6, 6.07) is -11.4. The predicted molar refractivity (Wildman–Crippen MR) is 476 cm³/mol. The number of aliphatic imine (C=N–C) groups is 2. The van der Waals surface area contributed by atoms with Gasteiger partial charge in [-0.3, -0.25) is 86.7 Å². The number of nitrogens with zero attached hydrogens (tertiary/aromatic N) is 3. The molecule has 0 aliphatic carbocycles. The van der Waals surface area contributed by atoms with Crippen LogP contribution < -0.4 is 120 Å². The van der Waals surface area contributed by atoms with Crippen molar-refractivity contribution in [3.63, 3.8) is 0 Å². The van der Waals surface area contributed by atoms with Crippen molar-refractivity contribution in [2.24, 2.45) is 91.4 Å². The van der Waals surface area contributed by atoms with Crippen LogP contribution in [0.2, 0.25) is 0 Å². The van der Waals surface area contributed by atoms with Gasteiger partial charge in [0, 0.05) is 37.8 Å². The summed E-state index contributed by atoms with van der Waals surface area (Å²) in [6.45, 7) is 21.4. The van der Waals surface area contributed by atoms with Crippen molar-refractivity contribution in [2.75, 3.05) is 38.2 Å². The van der Waals surface area contributed by atoms with Crippen LogP contribution in [0.1, 0.15) is 185 Å². The quantitative estimate of drug-likeness (QED) is 0.0168. The van der Waals surface area contributed by atoms with E-state index in [1.54, 1.807) is 92.0 Å². The molecule has 44 heteroatoms. The van der Waals surface area contributed by atoms with Crippen molar-refractivity contribution < 1.29 is 81.8 Å². The van der Waals surface area contributed by atoms with Crippen LogP contribution in [0.25, 0.3) is 0 Å². The van der Waals surface area contributed by atoms with Gasteiger partial charge >= 0.3 is 0 Å². The van der Waals surface area contributed by atoms with Gasteiger partial charge < -0.3 is 130 Å². The van der Waals surface area contributed by atoms with Crippen molar-refractivity contribution in [3.05, 3.63) is 54.1 Å². The second-order valence-corrected chi connectivity index (χ2v) is 34.4. The first-order valence-corrected chi connectivity index (χ1v) is 44.2. The summed E-state index contributed by atoms with van der Waals surface area (Å²) in [5.74, 6) is -17.0. The molecule has 0 fully saturated rings. The zero-order chi connectivity index (χ0) is 95.2. The lowest BCUT2D eigenvalue weighted by Crippen LogP contribution is -2.63. The minimum absolute atomic E-state index is 0.00869. The molecular weight excluding hydrogens is 1650 g/mol. The van der Waals surface area contributed by atoms with Crippen LogP contribution in [0.3, 0.4) is 0 Å². The van der Waals surface area contributed by atoms with E-state index in [2.05, 4.69) is 94.4 Å². The summed E-state index contributed by atoms with van der Waals surface area (Å²) in [6.07, 6.45) is 2.26. The number of nitrogens with one attached hydrogen (secondary N) is 15. The summed E-state index contributed by atoms with van der Waals surface area (Å²) in [5.41, 5.74) is 46.2. The highest BCUT2D eigenvalue weighted by Crippen LogP contribution is 2.18. The average Bonchev–Trinajstić information content (AvgIpc) is 1.75. The molecule has 0 radical (unpaired) electrons. The molecule has 2 aromatic rings. The number of primary amides is 2. The van der Waals surface area contributed by atoms with E-state index in [1.165, 1.54) is 38.1 Å². The van der Waals surface area contributed by atoms with Gasteiger partial charge in [-0.1, -0.05) is 120 Å². The number of nitrogens with two attached hydrogens (primary N) is 8. The number of guanidine groups is 2. The van der Waals surface area contributed by atoms with Crippen molar-refractivity contribution in [3.8, 4) is 0 Å². The Bertz CT molecular complexity index is 3900. The van der Waals surface area contributed by atoms with Crippen LogP contribution in [0.15, 0.2) is 52.8 Å². The highest BCUT2D eigenvalue weighted by Gasteiger charge is 2.41. The zero-order valence-electron chi connectivity index (χ0n) is 75.2. The van der Waals surface area contributed by atoms with E-state index in [1.807, 2.05) is 13.8 Å². The van der Waals surface area contributed by atoms with Gasteiger partial charge in [0.25, 0.3) is 0 Å². The monoisotopic (exact) mass is 1800 g/mol. The van der Waals surface area contributed by atoms with E-state index >= 15 is 0 Å². The fraction of sp³-hybridized carbons (Fsp3) is 0.671. The third kappa shape index (κ3) is 42.6. The van der Waals surface area contributed by atoms with Gasteiger partial charge in [0.1, 0.15) is 78.5 Å². The molecule has 32 N–H and O–H groups in total. The van der Waals surface area contributed by atoms with Crippen LogP contribution in [0, 0.1) is 35.5 Å². The van der Waals surface area contributed by atoms with E-state index in [0.717, 1.165) is 6.92 Å². The number of H-pyrrole nitrogens is 1. The SMILES string of the molecule is CC[C@H](C)[C@H](NC(=O)[C@H](CC(N)=O)NC(=O)[C@@H](NC(=O)[C@H](Cc1cnc[nH]1)NC(=O)[C@H](CCCN=C(N)N)NC(=O)[C@@H](NC(=O)[C@H](CCCCN)NC(=O)[C@H](CCCN=C(N)N)NC(=O)[C@H](CC(C)C)NC(=O)[C@@H](N)C(C)C)[C@@H](C)O)C(C)C)C(=O)N[C@@H](CC(C)C)C(=O)N[C@@H](CC(C)C)C(=O)N[C@@H](Cc1ccccc1)C(=O)N[C@@H](CCSC)C(=O)NCC(N)=O. The highest BCUT2D eigenvalue weighted by molar-refractivity contribution is 7.98. The Morgan fingerprint density at radius 3 is 1.24 bits per heavy atom. The number of carbonyl (C=O) groups is 16. The topological polar surface area (TPSA) is 723 Å². The maximum absolute atomic E-state index is 14.9. The maximum Gasteiger partial charge on any atom is 0.245 e. The van der Waals surface area contributed by atoms with Gasteiger partial charge in [0.2, 0.25) is 94.5 Å². The number of thioether (sulfide) groups is 1. The minimum atomic E-state index is -1.87. The third-order valence-electron chi connectivity index (χ3n) is 20.1. The molecule has 1 heterocycles. The summed E-state index contributed by atoms with van der Waals surface area (Å²) >= 11 is 1.40. The Hall–Kier alpha value is -11.3. The largest absolute Gasteiger partial charge is 0.391 e. The summed E-state index contributed by atoms with van der Waals surface area (Å²) < 4.78 is 0. The zero-order valence-corrected chi connectivity index (χ0v) is 76.0. The van der Waals surface area contributed by atoms with Crippen molar-refractivity contribution in [1.82, 2.24) is 84.4 Å². The third-order valence-corrected chi connectivity index (χ3v) is 20.8. The number of benzene rings is 1. The van der Waals surface area contributed by atoms with E-state index < -0.39 is 210 Å². The number of aromatic amines is 1. The lowest BCUT2D eigenvalue weighted by molar-refractivity contribution is -0.138. The number of amides is 16. The van der Waals surface area contributed by atoms with Crippen LogP contribution >= 0.6 is 11.8 Å². The Balaban J connectivity index is 2.61. The van der Waals surface area contributed by atoms with Gasteiger partial charge in [0.05, 0.1) is 31.4 Å². The number of imidazole rings is 1. The maximum atomic E-state index is 14.9. The molecule has 1 aromatic heterocycles. The molecule has 0 bridgehead atoms. The Morgan fingerprint density at radius 1 is 0.429 bits per heavy atom. The molecule has 0 spiro atoms. The van der Waals surface area contributed by atoms with Crippen LogP contribution in [0.5, 0.6) is 0 Å². The average molecular weight is 1800 g/mol. The Labute approximate surface area is 741 Å². The molecule has 16 atom stereocenters. The number of rotatable bonds is 61. The van der Waals surface area contributed by atoms with Gasteiger partial charge in [-0.2, -0.15) is 11.8 Å². The number of aliphatic hydroxyl groups is 1. The summed E-state index contributed by atoms with van der Waals surface area (Å²) in [7, 11) is 0. The first kappa shape index (κ1) is 111. The van der Waals surface area contributed by atoms with Crippen molar-refractivity contribution >= 4 is 118 Å². The van der Waals surface area contributed by atoms with E-state index in [0.29, 0.717) is 17.7 Å². The van der Waals surface area contributed by atoms with Crippen LogP contribution in [-0.2, 0) is 89.6 Å². The Kier molecular flexibility index (Phi) is 51.1. The number of hydrogen-bond acceptors (Lipinski definition) is 23. The lowest BCUT2D eigenvalue weighted by atomic mass is 9.95. The van der Waals surface area contributed by atoms with E-state index in [-0.39, 0.29) is 144 Å². The molecule has 1 aromatic carbocycles. The predicted octanol–water partition coefficient (Wildman–Crippen LogP) is -4.83. The molecule has 0 unspecified atom stereocenters. The molecule has 0 aliphatic rings. The van der Waals surface area contributed by atoms with Gasteiger partial charge in [-0.25, -0.2) is 4.98 Å². The smallest absolute Gasteiger partial charge is 0.245 e.